The van der Waals surface area contributed by atoms with Crippen LogP contribution in [0.4, 0.5) is 5.69 Å². The van der Waals surface area contributed by atoms with Gasteiger partial charge in [-0.15, -0.1) is 0 Å². The van der Waals surface area contributed by atoms with Gasteiger partial charge in [-0.1, -0.05) is 6.92 Å². The molecule has 2 N–H and O–H groups in total. The molecule has 0 saturated heterocycles. The minimum atomic E-state index is 0.556. The lowest BCUT2D eigenvalue weighted by Crippen LogP contribution is -2.05. The van der Waals surface area contributed by atoms with Gasteiger partial charge >= 0.3 is 0 Å². The molecule has 0 spiro atoms. The molecule has 0 saturated carbocycles. The molecule has 0 fully saturated rings. The Balaban J connectivity index is 2.52. The van der Waals surface area contributed by atoms with Gasteiger partial charge in [0.05, 0.1) is 23.8 Å². The van der Waals surface area contributed by atoms with Crippen LogP contribution in [0, 0.1) is 13.8 Å². The maximum absolute atomic E-state index is 5.55. The fourth-order valence-electron chi connectivity index (χ4n) is 1.82. The van der Waals surface area contributed by atoms with Crippen molar-refractivity contribution in [2.45, 2.75) is 27.2 Å². The average molecular weight is 217 g/mol. The van der Waals surface area contributed by atoms with Gasteiger partial charge in [-0.2, -0.15) is 5.10 Å². The molecule has 2 rings (SSSR count). The van der Waals surface area contributed by atoms with Gasteiger partial charge in [-0.25, -0.2) is 14.6 Å². The van der Waals surface area contributed by atoms with E-state index in [2.05, 4.69) is 22.0 Å². The average Bonchev–Trinajstić information content (AvgIpc) is 2.55. The van der Waals surface area contributed by atoms with Crippen molar-refractivity contribution in [3.05, 3.63) is 29.3 Å². The topological polar surface area (TPSA) is 69.6 Å². The number of nitrogens with two attached hydrogens (primary N) is 1. The number of aryl methyl sites for hydroxylation is 1. The second-order valence-corrected chi connectivity index (χ2v) is 3.73. The molecule has 2 heterocycles. The van der Waals surface area contributed by atoms with Crippen molar-refractivity contribution >= 4 is 5.69 Å². The Kier molecular flexibility index (Phi) is 2.60. The summed E-state index contributed by atoms with van der Waals surface area (Å²) >= 11 is 0. The quantitative estimate of drug-likeness (QED) is 0.826. The van der Waals surface area contributed by atoms with Crippen LogP contribution in [0.3, 0.4) is 0 Å². The van der Waals surface area contributed by atoms with E-state index in [-0.39, 0.29) is 0 Å². The number of rotatable bonds is 2. The van der Waals surface area contributed by atoms with Crippen LogP contribution in [0.25, 0.3) is 5.95 Å². The van der Waals surface area contributed by atoms with Gasteiger partial charge in [0, 0.05) is 5.69 Å². The summed E-state index contributed by atoms with van der Waals surface area (Å²) < 4.78 is 1.76. The molecule has 5 heteroatoms. The molecule has 84 valence electrons. The normalized spacial score (nSPS) is 10.7. The van der Waals surface area contributed by atoms with Gasteiger partial charge in [-0.3, -0.25) is 0 Å². The Morgan fingerprint density at radius 3 is 2.38 bits per heavy atom. The highest BCUT2D eigenvalue weighted by Gasteiger charge is 2.12. The lowest BCUT2D eigenvalue weighted by molar-refractivity contribution is 0.773. The molecule has 0 radical (unpaired) electrons. The zero-order chi connectivity index (χ0) is 11.7. The maximum atomic E-state index is 5.55. The predicted molar refractivity (Wildman–Crippen MR) is 62.4 cm³/mol. The van der Waals surface area contributed by atoms with Crippen molar-refractivity contribution in [1.82, 2.24) is 19.7 Å². The van der Waals surface area contributed by atoms with Crippen LogP contribution in [-0.4, -0.2) is 19.7 Å². The zero-order valence-corrected chi connectivity index (χ0v) is 9.73. The van der Waals surface area contributed by atoms with Crippen molar-refractivity contribution in [2.75, 3.05) is 5.73 Å². The Hall–Kier alpha value is -1.91. The molecule has 0 bridgehead atoms. The summed E-state index contributed by atoms with van der Waals surface area (Å²) in [6.07, 6.45) is 4.14. The molecule has 16 heavy (non-hydrogen) atoms. The first-order chi connectivity index (χ1) is 7.63. The number of nitrogen functional groups attached to an aromatic ring is 1. The first kappa shape index (κ1) is 10.6. The van der Waals surface area contributed by atoms with E-state index in [4.69, 9.17) is 5.73 Å². The third-order valence-corrected chi connectivity index (χ3v) is 2.64. The third-order valence-electron chi connectivity index (χ3n) is 2.64. The number of hydrogen-bond donors (Lipinski definition) is 1. The van der Waals surface area contributed by atoms with E-state index in [0.717, 1.165) is 17.8 Å². The van der Waals surface area contributed by atoms with Crippen molar-refractivity contribution in [2.24, 2.45) is 0 Å². The Bertz CT molecular complexity index is 498. The summed E-state index contributed by atoms with van der Waals surface area (Å²) in [6, 6.07) is 0. The highest BCUT2D eigenvalue weighted by Crippen LogP contribution is 2.16. The van der Waals surface area contributed by atoms with Crippen LogP contribution in [0.5, 0.6) is 0 Å². The van der Waals surface area contributed by atoms with Crippen LogP contribution in [0.2, 0.25) is 0 Å². The largest absolute Gasteiger partial charge is 0.396 e. The molecule has 0 aliphatic carbocycles. The van der Waals surface area contributed by atoms with Gasteiger partial charge < -0.3 is 5.73 Å². The van der Waals surface area contributed by atoms with Gasteiger partial charge in [-0.05, 0) is 25.8 Å². The second kappa shape index (κ2) is 3.92. The molecule has 0 unspecified atom stereocenters. The monoisotopic (exact) mass is 217 g/mol. The van der Waals surface area contributed by atoms with Gasteiger partial charge in [0.25, 0.3) is 5.95 Å². The number of nitrogens with zero attached hydrogens (tertiary/aromatic N) is 4. The van der Waals surface area contributed by atoms with Crippen molar-refractivity contribution in [1.29, 1.82) is 0 Å². The van der Waals surface area contributed by atoms with E-state index in [1.807, 2.05) is 13.8 Å². The van der Waals surface area contributed by atoms with Crippen LogP contribution in [0.1, 0.15) is 23.9 Å². The maximum Gasteiger partial charge on any atom is 0.250 e. The van der Waals surface area contributed by atoms with Crippen LogP contribution < -0.4 is 5.73 Å². The smallest absolute Gasteiger partial charge is 0.250 e. The lowest BCUT2D eigenvalue weighted by atomic mass is 10.1. The highest BCUT2D eigenvalue weighted by atomic mass is 15.4. The summed E-state index contributed by atoms with van der Waals surface area (Å²) in [5.74, 6) is 0.564. The van der Waals surface area contributed by atoms with E-state index in [1.165, 1.54) is 5.56 Å². The molecular formula is C11H15N5. The van der Waals surface area contributed by atoms with Gasteiger partial charge in [0.2, 0.25) is 0 Å². The van der Waals surface area contributed by atoms with Crippen molar-refractivity contribution in [3.63, 3.8) is 0 Å². The fraction of sp³-hybridized carbons (Fsp3) is 0.364. The van der Waals surface area contributed by atoms with E-state index in [9.17, 15) is 0 Å². The molecule has 2 aromatic rings. The zero-order valence-electron chi connectivity index (χ0n) is 9.73. The number of anilines is 1. The Labute approximate surface area is 94.3 Å². The Morgan fingerprint density at radius 1 is 1.25 bits per heavy atom. The molecule has 0 amide bonds. The van der Waals surface area contributed by atoms with Crippen LogP contribution in [-0.2, 0) is 6.42 Å². The number of aromatic nitrogens is 4. The summed E-state index contributed by atoms with van der Waals surface area (Å²) in [5.41, 5.74) is 9.47. The van der Waals surface area contributed by atoms with E-state index in [1.54, 1.807) is 17.1 Å². The van der Waals surface area contributed by atoms with Gasteiger partial charge in [0.15, 0.2) is 0 Å². The minimum absolute atomic E-state index is 0.556. The SMILES string of the molecule is CCc1c(C)nn(-c2ncc(N)cn2)c1C. The summed E-state index contributed by atoms with van der Waals surface area (Å²) in [7, 11) is 0. The second-order valence-electron chi connectivity index (χ2n) is 3.73. The fourth-order valence-corrected chi connectivity index (χ4v) is 1.82. The molecule has 0 aliphatic rings. The first-order valence-corrected chi connectivity index (χ1v) is 5.26. The standard InChI is InChI=1S/C11H15N5/c1-4-10-7(2)15-16(8(10)3)11-13-5-9(12)6-14-11/h5-6H,4,12H2,1-3H3. The van der Waals surface area contributed by atoms with E-state index in [0.29, 0.717) is 11.6 Å². The summed E-state index contributed by atoms with van der Waals surface area (Å²) in [5, 5.41) is 4.43. The van der Waals surface area contributed by atoms with E-state index < -0.39 is 0 Å². The van der Waals surface area contributed by atoms with E-state index >= 15 is 0 Å². The molecular weight excluding hydrogens is 202 g/mol. The minimum Gasteiger partial charge on any atom is -0.396 e. The summed E-state index contributed by atoms with van der Waals surface area (Å²) in [4.78, 5) is 8.32. The molecule has 5 nitrogen and oxygen atoms in total. The third kappa shape index (κ3) is 1.64. The molecule has 0 aliphatic heterocycles. The van der Waals surface area contributed by atoms with Crippen LogP contribution in [0.15, 0.2) is 12.4 Å². The first-order valence-electron chi connectivity index (χ1n) is 5.26. The van der Waals surface area contributed by atoms with Crippen LogP contribution >= 0.6 is 0 Å². The highest BCUT2D eigenvalue weighted by molar-refractivity contribution is 5.34. The lowest BCUT2D eigenvalue weighted by Gasteiger charge is -2.02. The summed E-state index contributed by atoms with van der Waals surface area (Å²) in [6.45, 7) is 6.14. The van der Waals surface area contributed by atoms with Crippen molar-refractivity contribution in [3.8, 4) is 5.95 Å². The molecule has 0 aromatic carbocycles. The van der Waals surface area contributed by atoms with Crippen molar-refractivity contribution < 1.29 is 0 Å². The number of hydrogen-bond acceptors (Lipinski definition) is 4. The molecule has 2 aromatic heterocycles. The molecule has 0 atom stereocenters. The predicted octanol–water partition coefficient (Wildman–Crippen LogP) is 1.42. The van der Waals surface area contributed by atoms with Gasteiger partial charge in [0.1, 0.15) is 0 Å². The Morgan fingerprint density at radius 2 is 1.88 bits per heavy atom.